The maximum Gasteiger partial charge on any atom is 0.0702 e. The minimum atomic E-state index is 0.109. The van der Waals surface area contributed by atoms with Crippen molar-refractivity contribution in [2.75, 3.05) is 6.61 Å². The van der Waals surface area contributed by atoms with E-state index in [0.717, 1.165) is 16.7 Å². The van der Waals surface area contributed by atoms with E-state index in [1.54, 1.807) is 11.8 Å². The van der Waals surface area contributed by atoms with Crippen LogP contribution >= 0.6 is 11.8 Å². The number of aromatic nitrogens is 1. The Kier molecular flexibility index (Phi) is 4.53. The van der Waals surface area contributed by atoms with Gasteiger partial charge in [0.2, 0.25) is 0 Å². The van der Waals surface area contributed by atoms with Crippen LogP contribution in [-0.4, -0.2) is 16.7 Å². The van der Waals surface area contributed by atoms with Gasteiger partial charge in [-0.2, -0.15) is 0 Å². The summed E-state index contributed by atoms with van der Waals surface area (Å²) in [5.74, 6) is 0.845. The van der Waals surface area contributed by atoms with Gasteiger partial charge in [-0.15, -0.1) is 11.8 Å². The van der Waals surface area contributed by atoms with Crippen LogP contribution in [0.3, 0.4) is 0 Å². The monoisotopic (exact) mass is 295 g/mol. The molecule has 2 aromatic carbocycles. The third-order valence-corrected chi connectivity index (χ3v) is 4.76. The molecule has 0 saturated heterocycles. The molecular formula is C18H17NOS. The molecule has 0 amide bonds. The minimum Gasteiger partial charge on any atom is -0.395 e. The average molecular weight is 295 g/mol. The summed E-state index contributed by atoms with van der Waals surface area (Å²) < 4.78 is 0. The zero-order valence-corrected chi connectivity index (χ0v) is 12.5. The minimum absolute atomic E-state index is 0.109. The molecule has 0 bridgehead atoms. The van der Waals surface area contributed by atoms with Gasteiger partial charge in [0, 0.05) is 17.3 Å². The highest BCUT2D eigenvalue weighted by Gasteiger charge is 2.10. The van der Waals surface area contributed by atoms with Gasteiger partial charge in [0.05, 0.1) is 17.4 Å². The Morgan fingerprint density at radius 3 is 2.57 bits per heavy atom. The molecular weight excluding hydrogens is 278 g/mol. The van der Waals surface area contributed by atoms with Gasteiger partial charge >= 0.3 is 0 Å². The van der Waals surface area contributed by atoms with E-state index in [2.05, 4.69) is 29.2 Å². The second-order valence-corrected chi connectivity index (χ2v) is 6.12. The Hall–Kier alpha value is -1.84. The number of thioether (sulfide) groups is 1. The third-order valence-electron chi connectivity index (χ3n) is 3.44. The third kappa shape index (κ3) is 3.43. The fourth-order valence-corrected chi connectivity index (χ4v) is 3.32. The van der Waals surface area contributed by atoms with Crippen LogP contribution in [0, 0.1) is 0 Å². The van der Waals surface area contributed by atoms with E-state index in [9.17, 15) is 5.11 Å². The summed E-state index contributed by atoms with van der Waals surface area (Å²) in [6.07, 6.45) is 1.93. The average Bonchev–Trinajstić information content (AvgIpc) is 2.56. The van der Waals surface area contributed by atoms with Gasteiger partial charge in [0.25, 0.3) is 0 Å². The molecule has 0 unspecified atom stereocenters. The summed E-state index contributed by atoms with van der Waals surface area (Å²) in [6.45, 7) is 0.149. The van der Waals surface area contributed by atoms with Gasteiger partial charge in [-0.3, -0.25) is 4.98 Å². The molecule has 0 spiro atoms. The Morgan fingerprint density at radius 2 is 1.76 bits per heavy atom. The number of aliphatic hydroxyl groups excluding tert-OH is 1. The smallest absolute Gasteiger partial charge is 0.0702 e. The molecule has 1 atom stereocenters. The number of hydrogen-bond donors (Lipinski definition) is 1. The van der Waals surface area contributed by atoms with Gasteiger partial charge < -0.3 is 5.11 Å². The van der Waals surface area contributed by atoms with Crippen LogP contribution < -0.4 is 0 Å². The van der Waals surface area contributed by atoms with Crippen LogP contribution in [0.25, 0.3) is 10.9 Å². The van der Waals surface area contributed by atoms with Crippen molar-refractivity contribution < 1.29 is 5.11 Å². The van der Waals surface area contributed by atoms with Crippen LogP contribution in [0.1, 0.15) is 16.4 Å². The van der Waals surface area contributed by atoms with Crippen molar-refractivity contribution >= 4 is 22.7 Å². The summed E-state index contributed by atoms with van der Waals surface area (Å²) in [5.41, 5.74) is 3.37. The number of aliphatic hydroxyl groups is 1. The molecule has 0 aliphatic heterocycles. The number of para-hydroxylation sites is 1. The molecule has 0 saturated carbocycles. The van der Waals surface area contributed by atoms with Crippen LogP contribution in [0.5, 0.6) is 0 Å². The summed E-state index contributed by atoms with van der Waals surface area (Å²) in [7, 11) is 0. The first-order valence-electron chi connectivity index (χ1n) is 6.98. The molecule has 2 nitrogen and oxygen atoms in total. The Balaban J connectivity index is 1.73. The molecule has 3 rings (SSSR count). The lowest BCUT2D eigenvalue weighted by Crippen LogP contribution is -2.00. The van der Waals surface area contributed by atoms with E-state index in [4.69, 9.17) is 0 Å². The lowest BCUT2D eigenvalue weighted by molar-refractivity contribution is 0.296. The lowest BCUT2D eigenvalue weighted by Gasteiger charge is -2.14. The maximum absolute atomic E-state index is 9.59. The fraction of sp³-hybridized carbons (Fsp3) is 0.167. The quantitative estimate of drug-likeness (QED) is 0.765. The fourth-order valence-electron chi connectivity index (χ4n) is 2.31. The SMILES string of the molecule is OC[C@H](SCc1cnc2ccccc2c1)c1ccccc1. The molecule has 1 N–H and O–H groups in total. The number of benzene rings is 2. The molecule has 0 radical (unpaired) electrons. The molecule has 3 aromatic rings. The van der Waals surface area contributed by atoms with E-state index in [1.165, 1.54) is 11.1 Å². The summed E-state index contributed by atoms with van der Waals surface area (Å²) >= 11 is 1.75. The van der Waals surface area contributed by atoms with Gasteiger partial charge in [0.1, 0.15) is 0 Å². The number of fused-ring (bicyclic) bond motifs is 1. The van der Waals surface area contributed by atoms with Crippen molar-refractivity contribution in [1.82, 2.24) is 4.98 Å². The normalized spacial score (nSPS) is 12.4. The van der Waals surface area contributed by atoms with Gasteiger partial charge in [-0.25, -0.2) is 0 Å². The van der Waals surface area contributed by atoms with Crippen LogP contribution in [0.2, 0.25) is 0 Å². The maximum atomic E-state index is 9.59. The first kappa shape index (κ1) is 14.1. The summed E-state index contributed by atoms with van der Waals surface area (Å²) in [6, 6.07) is 20.4. The van der Waals surface area contributed by atoms with Crippen molar-refractivity contribution in [2.45, 2.75) is 11.0 Å². The van der Waals surface area contributed by atoms with E-state index in [-0.39, 0.29) is 11.9 Å². The standard InChI is InChI=1S/C18H17NOS/c20-12-18(15-6-2-1-3-7-15)21-13-14-10-16-8-4-5-9-17(16)19-11-14/h1-11,18,20H,12-13H2/t18-/m0/s1. The highest BCUT2D eigenvalue weighted by molar-refractivity contribution is 7.98. The number of rotatable bonds is 5. The second-order valence-electron chi connectivity index (χ2n) is 4.93. The topological polar surface area (TPSA) is 33.1 Å². The van der Waals surface area contributed by atoms with Crippen molar-refractivity contribution in [1.29, 1.82) is 0 Å². The number of hydrogen-bond acceptors (Lipinski definition) is 3. The number of nitrogens with zero attached hydrogens (tertiary/aromatic N) is 1. The van der Waals surface area contributed by atoms with Crippen LogP contribution in [0.4, 0.5) is 0 Å². The van der Waals surface area contributed by atoms with Crippen molar-refractivity contribution in [3.8, 4) is 0 Å². The Morgan fingerprint density at radius 1 is 1.00 bits per heavy atom. The van der Waals surface area contributed by atoms with E-state index in [0.29, 0.717) is 0 Å². The van der Waals surface area contributed by atoms with Gasteiger partial charge in [-0.05, 0) is 23.3 Å². The molecule has 3 heteroatoms. The summed E-state index contributed by atoms with van der Waals surface area (Å²) in [5, 5.41) is 10.9. The molecule has 0 aliphatic rings. The highest BCUT2D eigenvalue weighted by Crippen LogP contribution is 2.31. The molecule has 1 aromatic heterocycles. The zero-order valence-electron chi connectivity index (χ0n) is 11.6. The predicted molar refractivity (Wildman–Crippen MR) is 89.3 cm³/mol. The molecule has 21 heavy (non-hydrogen) atoms. The second kappa shape index (κ2) is 6.74. The zero-order chi connectivity index (χ0) is 14.5. The largest absolute Gasteiger partial charge is 0.395 e. The Bertz CT molecular complexity index is 714. The van der Waals surface area contributed by atoms with Crippen LogP contribution in [0.15, 0.2) is 66.9 Å². The van der Waals surface area contributed by atoms with E-state index >= 15 is 0 Å². The van der Waals surface area contributed by atoms with Crippen molar-refractivity contribution in [3.63, 3.8) is 0 Å². The first-order chi connectivity index (χ1) is 10.4. The first-order valence-corrected chi connectivity index (χ1v) is 8.03. The molecule has 0 fully saturated rings. The lowest BCUT2D eigenvalue weighted by atomic mass is 10.1. The van der Waals surface area contributed by atoms with E-state index < -0.39 is 0 Å². The molecule has 106 valence electrons. The highest BCUT2D eigenvalue weighted by atomic mass is 32.2. The molecule has 1 heterocycles. The van der Waals surface area contributed by atoms with Crippen LogP contribution in [-0.2, 0) is 5.75 Å². The Labute approximate surface area is 128 Å². The van der Waals surface area contributed by atoms with Gasteiger partial charge in [-0.1, -0.05) is 48.5 Å². The number of pyridine rings is 1. The predicted octanol–water partition coefficient (Wildman–Crippen LogP) is 4.20. The van der Waals surface area contributed by atoms with Gasteiger partial charge in [0.15, 0.2) is 0 Å². The van der Waals surface area contributed by atoms with E-state index in [1.807, 2.05) is 42.6 Å². The van der Waals surface area contributed by atoms with Crippen molar-refractivity contribution in [2.24, 2.45) is 0 Å². The van der Waals surface area contributed by atoms with Crippen molar-refractivity contribution in [3.05, 3.63) is 78.0 Å². The molecule has 0 aliphatic carbocycles. The summed E-state index contributed by atoms with van der Waals surface area (Å²) in [4.78, 5) is 4.48.